The maximum atomic E-state index is 5.03. The molecule has 0 saturated heterocycles. The van der Waals surface area contributed by atoms with Crippen LogP contribution in [-0.2, 0) is 0 Å². The van der Waals surface area contributed by atoms with Crippen molar-refractivity contribution in [1.82, 2.24) is 19.1 Å². The normalized spacial score (nSPS) is 11.6. The summed E-state index contributed by atoms with van der Waals surface area (Å²) in [5.74, 6) is 0.718. The van der Waals surface area contributed by atoms with Gasteiger partial charge < -0.3 is 9.13 Å². The van der Waals surface area contributed by atoms with Crippen LogP contribution in [-0.4, -0.2) is 19.1 Å². The predicted molar refractivity (Wildman–Crippen MR) is 263 cm³/mol. The molecule has 4 nitrogen and oxygen atoms in total. The first-order valence-corrected chi connectivity index (χ1v) is 21.5. The van der Waals surface area contributed by atoms with Crippen LogP contribution < -0.4 is 0 Å². The molecule has 3 heterocycles. The summed E-state index contributed by atoms with van der Waals surface area (Å²) in [5, 5.41) is 5.01. The molecule has 0 aliphatic heterocycles. The summed E-state index contributed by atoms with van der Waals surface area (Å²) in [6.07, 6.45) is 0. The number of para-hydroxylation sites is 3. The summed E-state index contributed by atoms with van der Waals surface area (Å²) in [6.45, 7) is 2.21. The third kappa shape index (κ3) is 6.31. The van der Waals surface area contributed by atoms with Gasteiger partial charge in [-0.3, -0.25) is 0 Å². The molecule has 3 aromatic heterocycles. The van der Waals surface area contributed by atoms with Gasteiger partial charge in [-0.15, -0.1) is 0 Å². The van der Waals surface area contributed by atoms with E-state index in [1.807, 2.05) is 36.4 Å². The van der Waals surface area contributed by atoms with E-state index in [4.69, 9.17) is 9.97 Å². The number of hydrogen-bond acceptors (Lipinski definition) is 2. The lowest BCUT2D eigenvalue weighted by atomic mass is 9.95. The molecule has 0 aliphatic carbocycles. The Morgan fingerprint density at radius 3 is 1.35 bits per heavy atom. The fourth-order valence-electron chi connectivity index (χ4n) is 9.44. The molecule has 0 saturated carbocycles. The van der Waals surface area contributed by atoms with Crippen LogP contribution in [0.15, 0.2) is 224 Å². The molecule has 0 N–H and O–H groups in total. The highest BCUT2D eigenvalue weighted by atomic mass is 15.0. The average Bonchev–Trinajstić information content (AvgIpc) is 3.87. The van der Waals surface area contributed by atoms with Crippen molar-refractivity contribution in [2.75, 3.05) is 0 Å². The zero-order valence-electron chi connectivity index (χ0n) is 34.7. The second-order valence-electron chi connectivity index (χ2n) is 16.3. The van der Waals surface area contributed by atoms with Crippen molar-refractivity contribution in [2.45, 2.75) is 6.92 Å². The van der Waals surface area contributed by atoms with E-state index in [0.717, 1.165) is 50.8 Å². The van der Waals surface area contributed by atoms with E-state index in [1.165, 1.54) is 65.9 Å². The van der Waals surface area contributed by atoms with Crippen molar-refractivity contribution in [2.24, 2.45) is 0 Å². The standard InChI is InChI=1S/C59H40N4/c1-39-36-45(40-24-26-43(27-25-40)54-38-53(42-14-4-2-5-15-42)60-59(61-54)44-16-6-3-7-17-44)30-34-48(39)41-28-31-46(32-29-41)62-57-23-13-10-20-51(57)52-37-47(33-35-58(52)62)63-55-21-11-8-18-49(55)50-19-9-12-22-56(50)63/h2-38H,1H3. The highest BCUT2D eigenvalue weighted by molar-refractivity contribution is 6.12. The molecule has 12 rings (SSSR count). The Labute approximate surface area is 365 Å². The molecule has 296 valence electrons. The Balaban J connectivity index is 0.852. The molecule has 0 fully saturated rings. The van der Waals surface area contributed by atoms with Crippen molar-refractivity contribution < 1.29 is 0 Å². The van der Waals surface area contributed by atoms with Gasteiger partial charge >= 0.3 is 0 Å². The average molecular weight is 805 g/mol. The molecular formula is C59H40N4. The Bertz CT molecular complexity index is 3540. The Kier molecular flexibility index (Phi) is 8.68. The second kappa shape index (κ2) is 15.0. The largest absolute Gasteiger partial charge is 0.309 e. The third-order valence-corrected chi connectivity index (χ3v) is 12.5. The van der Waals surface area contributed by atoms with Gasteiger partial charge in [-0.25, -0.2) is 9.97 Å². The molecule has 0 aliphatic rings. The highest BCUT2D eigenvalue weighted by Gasteiger charge is 2.17. The van der Waals surface area contributed by atoms with Crippen molar-refractivity contribution in [3.8, 4) is 67.5 Å². The molecule has 12 aromatic rings. The van der Waals surface area contributed by atoms with E-state index in [1.54, 1.807) is 0 Å². The zero-order valence-corrected chi connectivity index (χ0v) is 34.7. The monoisotopic (exact) mass is 804 g/mol. The SMILES string of the molecule is Cc1cc(-c2ccc(-c3cc(-c4ccccc4)nc(-c4ccccc4)n3)cc2)ccc1-c1ccc(-n2c3ccccc3c3cc(-n4c5ccccc5c5ccccc54)ccc32)cc1. The fraction of sp³-hybridized carbons (Fsp3) is 0.0169. The number of nitrogens with zero attached hydrogens (tertiary/aromatic N) is 4. The minimum absolute atomic E-state index is 0.718. The maximum absolute atomic E-state index is 5.03. The lowest BCUT2D eigenvalue weighted by molar-refractivity contribution is 1.17. The van der Waals surface area contributed by atoms with Gasteiger partial charge in [0.2, 0.25) is 0 Å². The molecule has 4 heteroatoms. The summed E-state index contributed by atoms with van der Waals surface area (Å²) in [7, 11) is 0. The number of hydrogen-bond donors (Lipinski definition) is 0. The molecule has 0 bridgehead atoms. The van der Waals surface area contributed by atoms with E-state index in [9.17, 15) is 0 Å². The topological polar surface area (TPSA) is 35.6 Å². The molecule has 0 atom stereocenters. The van der Waals surface area contributed by atoms with Crippen molar-refractivity contribution in [3.63, 3.8) is 0 Å². The molecular weight excluding hydrogens is 765 g/mol. The summed E-state index contributed by atoms with van der Waals surface area (Å²) >= 11 is 0. The lowest BCUT2D eigenvalue weighted by Gasteiger charge is -2.13. The quantitative estimate of drug-likeness (QED) is 0.161. The second-order valence-corrected chi connectivity index (χ2v) is 16.3. The molecule has 0 spiro atoms. The van der Waals surface area contributed by atoms with Gasteiger partial charge in [0.25, 0.3) is 0 Å². The third-order valence-electron chi connectivity index (χ3n) is 12.5. The summed E-state index contributed by atoms with van der Waals surface area (Å²) in [6, 6.07) is 80.2. The van der Waals surface area contributed by atoms with Gasteiger partial charge in [0, 0.05) is 49.6 Å². The summed E-state index contributed by atoms with van der Waals surface area (Å²) in [4.78, 5) is 9.99. The molecule has 9 aromatic carbocycles. The van der Waals surface area contributed by atoms with Gasteiger partial charge in [0.15, 0.2) is 5.82 Å². The van der Waals surface area contributed by atoms with Crippen LogP contribution in [0.1, 0.15) is 5.56 Å². The summed E-state index contributed by atoms with van der Waals surface area (Å²) in [5.41, 5.74) is 18.0. The number of aromatic nitrogens is 4. The van der Waals surface area contributed by atoms with Gasteiger partial charge in [0.1, 0.15) is 0 Å². The van der Waals surface area contributed by atoms with E-state index in [0.29, 0.717) is 0 Å². The number of benzene rings is 9. The van der Waals surface area contributed by atoms with Crippen LogP contribution in [0.3, 0.4) is 0 Å². The Hall–Kier alpha value is -8.34. The lowest BCUT2D eigenvalue weighted by Crippen LogP contribution is -1.96. The minimum Gasteiger partial charge on any atom is -0.309 e. The fourth-order valence-corrected chi connectivity index (χ4v) is 9.44. The molecule has 0 amide bonds. The van der Waals surface area contributed by atoms with Crippen LogP contribution in [0.25, 0.3) is 111 Å². The van der Waals surface area contributed by atoms with E-state index in [-0.39, 0.29) is 0 Å². The van der Waals surface area contributed by atoms with Gasteiger partial charge in [-0.05, 0) is 89.3 Å². The van der Waals surface area contributed by atoms with Crippen molar-refractivity contribution in [1.29, 1.82) is 0 Å². The number of rotatable bonds is 7. The Morgan fingerprint density at radius 1 is 0.302 bits per heavy atom. The van der Waals surface area contributed by atoms with Crippen molar-refractivity contribution in [3.05, 3.63) is 230 Å². The van der Waals surface area contributed by atoms with E-state index in [2.05, 4.69) is 204 Å². The first-order chi connectivity index (χ1) is 31.1. The predicted octanol–water partition coefficient (Wildman–Crippen LogP) is 15.3. The summed E-state index contributed by atoms with van der Waals surface area (Å²) < 4.78 is 4.80. The highest BCUT2D eigenvalue weighted by Crippen LogP contribution is 2.38. The number of fused-ring (bicyclic) bond motifs is 6. The van der Waals surface area contributed by atoms with Gasteiger partial charge in [0.05, 0.1) is 33.5 Å². The van der Waals surface area contributed by atoms with E-state index >= 15 is 0 Å². The van der Waals surface area contributed by atoms with Crippen LogP contribution in [0.5, 0.6) is 0 Å². The van der Waals surface area contributed by atoms with Crippen LogP contribution in [0.2, 0.25) is 0 Å². The van der Waals surface area contributed by atoms with Crippen LogP contribution >= 0.6 is 0 Å². The Morgan fingerprint density at radius 2 is 0.746 bits per heavy atom. The maximum Gasteiger partial charge on any atom is 0.160 e. The van der Waals surface area contributed by atoms with Gasteiger partial charge in [-0.2, -0.15) is 0 Å². The van der Waals surface area contributed by atoms with Crippen molar-refractivity contribution >= 4 is 43.6 Å². The first kappa shape index (κ1) is 36.5. The zero-order chi connectivity index (χ0) is 41.9. The first-order valence-electron chi connectivity index (χ1n) is 21.5. The van der Waals surface area contributed by atoms with Crippen LogP contribution in [0.4, 0.5) is 0 Å². The smallest absolute Gasteiger partial charge is 0.160 e. The van der Waals surface area contributed by atoms with Gasteiger partial charge in [-0.1, -0.05) is 170 Å². The molecule has 63 heavy (non-hydrogen) atoms. The molecule has 0 radical (unpaired) electrons. The van der Waals surface area contributed by atoms with Crippen LogP contribution in [0, 0.1) is 6.92 Å². The minimum atomic E-state index is 0.718. The van der Waals surface area contributed by atoms with E-state index < -0.39 is 0 Å². The number of aryl methyl sites for hydroxylation is 1. The molecule has 0 unspecified atom stereocenters.